The maximum absolute atomic E-state index is 12.2. The number of amides is 2. The SMILES string of the molecule is CCN(CC)C(=O)CNC(=O)c1c[nH]c2cc(N)ccc12. The third-order valence-electron chi connectivity index (χ3n) is 3.47. The fourth-order valence-electron chi connectivity index (χ4n) is 2.27. The number of hydrogen-bond acceptors (Lipinski definition) is 3. The van der Waals surface area contributed by atoms with E-state index in [1.54, 1.807) is 29.3 Å². The number of H-pyrrole nitrogens is 1. The number of carbonyl (C=O) groups excluding carboxylic acids is 2. The highest BCUT2D eigenvalue weighted by atomic mass is 16.2. The molecule has 0 saturated heterocycles. The van der Waals surface area contributed by atoms with Gasteiger partial charge in [-0.05, 0) is 32.0 Å². The molecule has 6 nitrogen and oxygen atoms in total. The van der Waals surface area contributed by atoms with Crippen molar-refractivity contribution >= 4 is 28.4 Å². The first-order chi connectivity index (χ1) is 10.1. The lowest BCUT2D eigenvalue weighted by molar-refractivity contribution is -0.129. The molecule has 0 aliphatic rings. The van der Waals surface area contributed by atoms with Crippen molar-refractivity contribution in [1.82, 2.24) is 15.2 Å². The van der Waals surface area contributed by atoms with Gasteiger partial charge in [-0.3, -0.25) is 9.59 Å². The summed E-state index contributed by atoms with van der Waals surface area (Å²) in [5.41, 5.74) is 7.65. The molecule has 2 rings (SSSR count). The molecule has 2 aromatic rings. The summed E-state index contributed by atoms with van der Waals surface area (Å²) < 4.78 is 0. The second-order valence-corrected chi connectivity index (χ2v) is 4.76. The molecule has 1 aromatic carbocycles. The summed E-state index contributed by atoms with van der Waals surface area (Å²) in [5.74, 6) is -0.357. The zero-order valence-corrected chi connectivity index (χ0v) is 12.3. The van der Waals surface area contributed by atoms with Crippen molar-refractivity contribution in [3.05, 3.63) is 30.0 Å². The molecule has 0 radical (unpaired) electrons. The maximum atomic E-state index is 12.2. The van der Waals surface area contributed by atoms with Crippen LogP contribution in [0.15, 0.2) is 24.4 Å². The van der Waals surface area contributed by atoms with E-state index in [2.05, 4.69) is 10.3 Å². The van der Waals surface area contributed by atoms with Gasteiger partial charge in [0.2, 0.25) is 5.91 Å². The van der Waals surface area contributed by atoms with Gasteiger partial charge in [0, 0.05) is 35.9 Å². The van der Waals surface area contributed by atoms with Gasteiger partial charge >= 0.3 is 0 Å². The maximum Gasteiger partial charge on any atom is 0.253 e. The molecule has 0 spiro atoms. The number of hydrogen-bond donors (Lipinski definition) is 3. The van der Waals surface area contributed by atoms with Crippen LogP contribution in [0.3, 0.4) is 0 Å². The average molecular weight is 288 g/mol. The summed E-state index contributed by atoms with van der Waals surface area (Å²) in [4.78, 5) is 28.7. The Kier molecular flexibility index (Phi) is 4.47. The lowest BCUT2D eigenvalue weighted by atomic mass is 10.1. The van der Waals surface area contributed by atoms with Gasteiger partial charge in [-0.25, -0.2) is 0 Å². The van der Waals surface area contributed by atoms with E-state index < -0.39 is 0 Å². The minimum Gasteiger partial charge on any atom is -0.399 e. The highest BCUT2D eigenvalue weighted by Crippen LogP contribution is 2.20. The Morgan fingerprint density at radius 1 is 1.29 bits per heavy atom. The molecule has 0 aliphatic heterocycles. The van der Waals surface area contributed by atoms with Crippen molar-refractivity contribution in [3.63, 3.8) is 0 Å². The molecule has 2 amide bonds. The van der Waals surface area contributed by atoms with E-state index >= 15 is 0 Å². The number of carbonyl (C=O) groups is 2. The molecular formula is C15H20N4O2. The Morgan fingerprint density at radius 3 is 2.67 bits per heavy atom. The van der Waals surface area contributed by atoms with Crippen molar-refractivity contribution in [3.8, 4) is 0 Å². The molecule has 0 saturated carbocycles. The highest BCUT2D eigenvalue weighted by molar-refractivity contribution is 6.07. The van der Waals surface area contributed by atoms with Crippen LogP contribution in [0.25, 0.3) is 10.9 Å². The predicted molar refractivity (Wildman–Crippen MR) is 83.0 cm³/mol. The van der Waals surface area contributed by atoms with Crippen LogP contribution < -0.4 is 11.1 Å². The molecule has 112 valence electrons. The first-order valence-corrected chi connectivity index (χ1v) is 6.99. The molecule has 0 aliphatic carbocycles. The molecule has 0 fully saturated rings. The van der Waals surface area contributed by atoms with Crippen LogP contribution in [-0.2, 0) is 4.79 Å². The molecule has 21 heavy (non-hydrogen) atoms. The summed E-state index contributed by atoms with van der Waals surface area (Å²) in [6.45, 7) is 5.10. The van der Waals surface area contributed by atoms with Crippen LogP contribution in [0.4, 0.5) is 5.69 Å². The fraction of sp³-hybridized carbons (Fsp3) is 0.333. The van der Waals surface area contributed by atoms with Crippen LogP contribution >= 0.6 is 0 Å². The van der Waals surface area contributed by atoms with Crippen LogP contribution in [0, 0.1) is 0 Å². The van der Waals surface area contributed by atoms with Crippen molar-refractivity contribution in [2.24, 2.45) is 0 Å². The Balaban J connectivity index is 2.07. The summed E-state index contributed by atoms with van der Waals surface area (Å²) in [7, 11) is 0. The number of likely N-dealkylation sites (N-methyl/N-ethyl adjacent to an activating group) is 1. The lowest BCUT2D eigenvalue weighted by Gasteiger charge is -2.18. The molecular weight excluding hydrogens is 268 g/mol. The number of nitrogens with one attached hydrogen (secondary N) is 2. The Labute approximate surface area is 123 Å². The van der Waals surface area contributed by atoms with Crippen LogP contribution in [-0.4, -0.2) is 41.3 Å². The van der Waals surface area contributed by atoms with Crippen LogP contribution in [0.2, 0.25) is 0 Å². The van der Waals surface area contributed by atoms with Crippen molar-refractivity contribution in [2.75, 3.05) is 25.4 Å². The van der Waals surface area contributed by atoms with Gasteiger partial charge in [-0.2, -0.15) is 0 Å². The second kappa shape index (κ2) is 6.30. The molecule has 0 unspecified atom stereocenters. The number of benzene rings is 1. The quantitative estimate of drug-likeness (QED) is 0.725. The Bertz CT molecular complexity index is 659. The highest BCUT2D eigenvalue weighted by Gasteiger charge is 2.15. The zero-order valence-electron chi connectivity index (χ0n) is 12.3. The number of aromatic nitrogens is 1. The second-order valence-electron chi connectivity index (χ2n) is 4.76. The van der Waals surface area contributed by atoms with Crippen molar-refractivity contribution in [1.29, 1.82) is 0 Å². The van der Waals surface area contributed by atoms with E-state index in [0.29, 0.717) is 24.3 Å². The number of anilines is 1. The normalized spacial score (nSPS) is 10.6. The summed E-state index contributed by atoms with van der Waals surface area (Å²) in [6, 6.07) is 5.31. The molecule has 4 N–H and O–H groups in total. The van der Waals surface area contributed by atoms with Gasteiger partial charge < -0.3 is 20.9 Å². The van der Waals surface area contributed by atoms with E-state index in [9.17, 15) is 9.59 Å². The fourth-order valence-corrected chi connectivity index (χ4v) is 2.27. The number of nitrogens with zero attached hydrogens (tertiary/aromatic N) is 1. The van der Waals surface area contributed by atoms with Gasteiger partial charge in [0.1, 0.15) is 0 Å². The summed E-state index contributed by atoms with van der Waals surface area (Å²) in [5, 5.41) is 3.45. The van der Waals surface area contributed by atoms with E-state index in [-0.39, 0.29) is 18.4 Å². The van der Waals surface area contributed by atoms with Gasteiger partial charge in [0.05, 0.1) is 12.1 Å². The number of fused-ring (bicyclic) bond motifs is 1. The smallest absolute Gasteiger partial charge is 0.253 e. The van der Waals surface area contributed by atoms with Gasteiger partial charge in [-0.15, -0.1) is 0 Å². The predicted octanol–water partition coefficient (Wildman–Crippen LogP) is 1.35. The van der Waals surface area contributed by atoms with Gasteiger partial charge in [0.25, 0.3) is 5.91 Å². The minimum atomic E-state index is -0.272. The van der Waals surface area contributed by atoms with Crippen LogP contribution in [0.1, 0.15) is 24.2 Å². The van der Waals surface area contributed by atoms with Crippen molar-refractivity contribution < 1.29 is 9.59 Å². The van der Waals surface area contributed by atoms with Gasteiger partial charge in [0.15, 0.2) is 0 Å². The lowest BCUT2D eigenvalue weighted by Crippen LogP contribution is -2.39. The van der Waals surface area contributed by atoms with E-state index in [1.165, 1.54) is 0 Å². The largest absolute Gasteiger partial charge is 0.399 e. The Morgan fingerprint density at radius 2 is 2.00 bits per heavy atom. The first-order valence-electron chi connectivity index (χ1n) is 6.99. The Hall–Kier alpha value is -2.50. The molecule has 6 heteroatoms. The average Bonchev–Trinajstić information content (AvgIpc) is 2.89. The summed E-state index contributed by atoms with van der Waals surface area (Å²) >= 11 is 0. The van der Waals surface area contributed by atoms with E-state index in [0.717, 1.165) is 10.9 Å². The molecule has 0 bridgehead atoms. The molecule has 1 aromatic heterocycles. The van der Waals surface area contributed by atoms with Crippen LogP contribution in [0.5, 0.6) is 0 Å². The summed E-state index contributed by atoms with van der Waals surface area (Å²) in [6.07, 6.45) is 1.63. The standard InChI is InChI=1S/C15H20N4O2/c1-3-19(4-2)14(20)9-18-15(21)12-8-17-13-7-10(16)5-6-11(12)13/h5-8,17H,3-4,9,16H2,1-2H3,(H,18,21). The topological polar surface area (TPSA) is 91.2 Å². The monoisotopic (exact) mass is 288 g/mol. The van der Waals surface area contributed by atoms with E-state index in [4.69, 9.17) is 5.73 Å². The zero-order chi connectivity index (χ0) is 15.4. The minimum absolute atomic E-state index is 0.00214. The third-order valence-corrected chi connectivity index (χ3v) is 3.47. The first kappa shape index (κ1) is 14.9. The molecule has 0 atom stereocenters. The number of nitrogen functional groups attached to an aromatic ring is 1. The number of rotatable bonds is 5. The number of nitrogens with two attached hydrogens (primary N) is 1. The third kappa shape index (κ3) is 3.16. The van der Waals surface area contributed by atoms with E-state index in [1.807, 2.05) is 13.8 Å². The van der Waals surface area contributed by atoms with Gasteiger partial charge in [-0.1, -0.05) is 0 Å². The van der Waals surface area contributed by atoms with Crippen molar-refractivity contribution in [2.45, 2.75) is 13.8 Å². The molecule has 1 heterocycles. The number of aromatic amines is 1.